The summed E-state index contributed by atoms with van der Waals surface area (Å²) in [7, 11) is 1.84. The van der Waals surface area contributed by atoms with Crippen molar-refractivity contribution >= 4 is 22.4 Å². The summed E-state index contributed by atoms with van der Waals surface area (Å²) in [6.45, 7) is 5.04. The van der Waals surface area contributed by atoms with Crippen LogP contribution in [0.25, 0.3) is 10.8 Å². The fourth-order valence-electron chi connectivity index (χ4n) is 3.70. The number of hydrogen-bond donors (Lipinski definition) is 1. The van der Waals surface area contributed by atoms with Crippen LogP contribution in [0.2, 0.25) is 0 Å². The predicted molar refractivity (Wildman–Crippen MR) is 114 cm³/mol. The lowest BCUT2D eigenvalue weighted by Gasteiger charge is -2.36. The van der Waals surface area contributed by atoms with Gasteiger partial charge in [-0.3, -0.25) is 4.79 Å². The predicted octanol–water partition coefficient (Wildman–Crippen LogP) is 5.46. The molecular weight excluding hydrogens is 348 g/mol. The van der Waals surface area contributed by atoms with Crippen LogP contribution in [-0.2, 0) is 0 Å². The second-order valence-corrected chi connectivity index (χ2v) is 7.74. The highest BCUT2D eigenvalue weighted by atomic mass is 16.5. The molecule has 1 unspecified atom stereocenters. The highest BCUT2D eigenvalue weighted by Crippen LogP contribution is 2.40. The standard InChI is InChI=1S/C24H26N2O2/c1-16(2)14-15-28-21-13-12-17-8-4-5-9-18(17)22(21)23-25-20-11-7-6-10-19(20)24(27)26(23)3/h4-13,16,23,25H,14-15H2,1-3H3. The largest absolute Gasteiger partial charge is 0.493 e. The summed E-state index contributed by atoms with van der Waals surface area (Å²) in [6, 6.07) is 20.0. The Morgan fingerprint density at radius 1 is 1.04 bits per heavy atom. The summed E-state index contributed by atoms with van der Waals surface area (Å²) < 4.78 is 6.20. The first-order chi connectivity index (χ1) is 13.6. The third-order valence-corrected chi connectivity index (χ3v) is 5.31. The highest BCUT2D eigenvalue weighted by molar-refractivity contribution is 6.02. The van der Waals surface area contributed by atoms with E-state index in [1.165, 1.54) is 0 Å². The minimum Gasteiger partial charge on any atom is -0.493 e. The summed E-state index contributed by atoms with van der Waals surface area (Å²) in [5.74, 6) is 1.42. The first-order valence-corrected chi connectivity index (χ1v) is 9.83. The quantitative estimate of drug-likeness (QED) is 0.645. The zero-order valence-corrected chi connectivity index (χ0v) is 16.6. The van der Waals surface area contributed by atoms with Gasteiger partial charge in [-0.15, -0.1) is 0 Å². The molecule has 0 fully saturated rings. The van der Waals surface area contributed by atoms with Crippen molar-refractivity contribution in [1.82, 2.24) is 4.90 Å². The van der Waals surface area contributed by atoms with Crippen LogP contribution in [0.1, 0.15) is 42.4 Å². The third kappa shape index (κ3) is 3.31. The number of fused-ring (bicyclic) bond motifs is 2. The number of para-hydroxylation sites is 1. The molecule has 0 saturated heterocycles. The SMILES string of the molecule is CC(C)CCOc1ccc2ccccc2c1C1Nc2ccccc2C(=O)N1C. The third-order valence-electron chi connectivity index (χ3n) is 5.31. The number of nitrogens with zero attached hydrogens (tertiary/aromatic N) is 1. The van der Waals surface area contributed by atoms with Crippen LogP contribution in [0.4, 0.5) is 5.69 Å². The number of carbonyl (C=O) groups is 1. The monoisotopic (exact) mass is 374 g/mol. The molecule has 1 N–H and O–H groups in total. The Labute approximate surface area is 166 Å². The molecule has 1 atom stereocenters. The van der Waals surface area contributed by atoms with E-state index in [0.29, 0.717) is 18.1 Å². The van der Waals surface area contributed by atoms with E-state index in [1.807, 2.05) is 49.5 Å². The van der Waals surface area contributed by atoms with Crippen LogP contribution in [0, 0.1) is 5.92 Å². The van der Waals surface area contributed by atoms with Gasteiger partial charge in [-0.25, -0.2) is 0 Å². The van der Waals surface area contributed by atoms with Gasteiger partial charge in [-0.05, 0) is 41.3 Å². The fraction of sp³-hybridized carbons (Fsp3) is 0.292. The van der Waals surface area contributed by atoms with Gasteiger partial charge in [0.2, 0.25) is 0 Å². The van der Waals surface area contributed by atoms with Gasteiger partial charge >= 0.3 is 0 Å². The number of rotatable bonds is 5. The number of ether oxygens (including phenoxy) is 1. The average molecular weight is 374 g/mol. The van der Waals surface area contributed by atoms with Crippen LogP contribution in [0.5, 0.6) is 5.75 Å². The summed E-state index contributed by atoms with van der Waals surface area (Å²) >= 11 is 0. The number of benzene rings is 3. The number of hydrogen-bond acceptors (Lipinski definition) is 3. The molecule has 1 aliphatic rings. The smallest absolute Gasteiger partial charge is 0.257 e. The molecular formula is C24H26N2O2. The molecule has 1 aliphatic heterocycles. The van der Waals surface area contributed by atoms with Crippen molar-refractivity contribution in [2.75, 3.05) is 19.0 Å². The van der Waals surface area contributed by atoms with E-state index in [2.05, 4.69) is 37.4 Å². The molecule has 1 heterocycles. The lowest BCUT2D eigenvalue weighted by Crippen LogP contribution is -2.40. The maximum atomic E-state index is 13.0. The van der Waals surface area contributed by atoms with Crippen molar-refractivity contribution in [1.29, 1.82) is 0 Å². The minimum atomic E-state index is -0.289. The van der Waals surface area contributed by atoms with E-state index >= 15 is 0 Å². The lowest BCUT2D eigenvalue weighted by atomic mass is 9.97. The Morgan fingerprint density at radius 3 is 2.61 bits per heavy atom. The maximum absolute atomic E-state index is 13.0. The highest BCUT2D eigenvalue weighted by Gasteiger charge is 2.32. The second-order valence-electron chi connectivity index (χ2n) is 7.74. The molecule has 4 nitrogen and oxygen atoms in total. The van der Waals surface area contributed by atoms with Crippen molar-refractivity contribution in [3.8, 4) is 5.75 Å². The summed E-state index contributed by atoms with van der Waals surface area (Å²) in [5.41, 5.74) is 2.56. The van der Waals surface area contributed by atoms with Crippen molar-refractivity contribution < 1.29 is 9.53 Å². The maximum Gasteiger partial charge on any atom is 0.257 e. The van der Waals surface area contributed by atoms with E-state index in [9.17, 15) is 4.79 Å². The van der Waals surface area contributed by atoms with E-state index in [-0.39, 0.29) is 12.1 Å². The van der Waals surface area contributed by atoms with Crippen LogP contribution >= 0.6 is 0 Å². The van der Waals surface area contributed by atoms with Crippen LogP contribution < -0.4 is 10.1 Å². The molecule has 0 saturated carbocycles. The summed E-state index contributed by atoms with van der Waals surface area (Å²) in [6.07, 6.45) is 0.699. The van der Waals surface area contributed by atoms with Gasteiger partial charge < -0.3 is 15.0 Å². The summed E-state index contributed by atoms with van der Waals surface area (Å²) in [5, 5.41) is 5.78. The molecule has 4 heteroatoms. The van der Waals surface area contributed by atoms with Gasteiger partial charge in [0.05, 0.1) is 12.2 Å². The van der Waals surface area contributed by atoms with Gasteiger partial charge in [0.15, 0.2) is 0 Å². The van der Waals surface area contributed by atoms with Crippen LogP contribution in [0.15, 0.2) is 60.7 Å². The molecule has 144 valence electrons. The molecule has 1 amide bonds. The molecule has 0 radical (unpaired) electrons. The molecule has 0 aliphatic carbocycles. The van der Waals surface area contributed by atoms with Crippen LogP contribution in [0.3, 0.4) is 0 Å². The average Bonchev–Trinajstić information content (AvgIpc) is 2.70. The number of nitrogens with one attached hydrogen (secondary N) is 1. The molecule has 0 spiro atoms. The zero-order valence-electron chi connectivity index (χ0n) is 16.6. The van der Waals surface area contributed by atoms with E-state index in [1.54, 1.807) is 4.90 Å². The zero-order chi connectivity index (χ0) is 19.7. The Bertz CT molecular complexity index is 1010. The van der Waals surface area contributed by atoms with Gasteiger partial charge in [0.1, 0.15) is 11.9 Å². The van der Waals surface area contributed by atoms with E-state index < -0.39 is 0 Å². The summed E-state index contributed by atoms with van der Waals surface area (Å²) in [4.78, 5) is 14.8. The van der Waals surface area contributed by atoms with E-state index in [4.69, 9.17) is 4.74 Å². The number of carbonyl (C=O) groups excluding carboxylic acids is 1. The molecule has 0 aromatic heterocycles. The molecule has 3 aromatic carbocycles. The Morgan fingerprint density at radius 2 is 1.79 bits per heavy atom. The van der Waals surface area contributed by atoms with E-state index in [0.717, 1.165) is 34.2 Å². The normalized spacial score (nSPS) is 16.2. The molecule has 0 bridgehead atoms. The second kappa shape index (κ2) is 7.55. The Kier molecular flexibility index (Phi) is 4.95. The van der Waals surface area contributed by atoms with Gasteiger partial charge in [-0.2, -0.15) is 0 Å². The molecule has 28 heavy (non-hydrogen) atoms. The first-order valence-electron chi connectivity index (χ1n) is 9.83. The first kappa shape index (κ1) is 18.4. The number of anilines is 1. The van der Waals surface area contributed by atoms with Gasteiger partial charge in [0, 0.05) is 18.3 Å². The minimum absolute atomic E-state index is 0.0143. The topological polar surface area (TPSA) is 41.6 Å². The molecule has 4 rings (SSSR count). The van der Waals surface area contributed by atoms with Crippen LogP contribution in [-0.4, -0.2) is 24.5 Å². The Hall–Kier alpha value is -3.01. The molecule has 3 aromatic rings. The number of amides is 1. The van der Waals surface area contributed by atoms with Crippen molar-refractivity contribution in [3.05, 3.63) is 71.8 Å². The lowest BCUT2D eigenvalue weighted by molar-refractivity contribution is 0.0734. The van der Waals surface area contributed by atoms with Crippen molar-refractivity contribution in [2.24, 2.45) is 5.92 Å². The Balaban J connectivity index is 1.81. The fourth-order valence-corrected chi connectivity index (χ4v) is 3.70. The van der Waals surface area contributed by atoms with Crippen molar-refractivity contribution in [3.63, 3.8) is 0 Å². The van der Waals surface area contributed by atoms with Crippen molar-refractivity contribution in [2.45, 2.75) is 26.4 Å². The van der Waals surface area contributed by atoms with Gasteiger partial charge in [-0.1, -0.05) is 56.3 Å². The van der Waals surface area contributed by atoms with Gasteiger partial charge in [0.25, 0.3) is 5.91 Å².